The highest BCUT2D eigenvalue weighted by atomic mass is 16.5. The number of nitriles is 1. The fourth-order valence-electron chi connectivity index (χ4n) is 3.75. The van der Waals surface area contributed by atoms with Gasteiger partial charge in [-0.25, -0.2) is 0 Å². The van der Waals surface area contributed by atoms with Crippen LogP contribution >= 0.6 is 0 Å². The molecule has 2 aromatic rings. The Morgan fingerprint density at radius 1 is 1.23 bits per heavy atom. The molecule has 0 aliphatic carbocycles. The van der Waals surface area contributed by atoms with Gasteiger partial charge in [-0.05, 0) is 56.4 Å². The summed E-state index contributed by atoms with van der Waals surface area (Å²) in [6, 6.07) is 16.8. The lowest BCUT2D eigenvalue weighted by Crippen LogP contribution is -2.30. The van der Waals surface area contributed by atoms with Crippen molar-refractivity contribution in [2.75, 3.05) is 24.6 Å². The number of anilines is 1. The van der Waals surface area contributed by atoms with Crippen molar-refractivity contribution < 1.29 is 4.74 Å². The molecule has 1 aliphatic heterocycles. The maximum absolute atomic E-state index is 9.21. The molecule has 1 heterocycles. The van der Waals surface area contributed by atoms with Gasteiger partial charge in [0.1, 0.15) is 5.75 Å². The number of hydrogen-bond donors (Lipinski definition) is 0. The van der Waals surface area contributed by atoms with Crippen molar-refractivity contribution in [1.29, 1.82) is 5.26 Å². The summed E-state index contributed by atoms with van der Waals surface area (Å²) in [6.07, 6.45) is 4.55. The minimum atomic E-state index is 0.518. The van der Waals surface area contributed by atoms with Crippen LogP contribution in [-0.4, -0.2) is 19.7 Å². The molecular formula is C23H28N2O. The molecular weight excluding hydrogens is 320 g/mol. The minimum Gasteiger partial charge on any atom is -0.491 e. The molecule has 0 N–H and O–H groups in total. The van der Waals surface area contributed by atoms with Crippen LogP contribution in [0.4, 0.5) is 5.69 Å². The molecule has 0 fully saturated rings. The van der Waals surface area contributed by atoms with Crippen molar-refractivity contribution in [3.05, 3.63) is 59.2 Å². The van der Waals surface area contributed by atoms with E-state index >= 15 is 0 Å². The highest BCUT2D eigenvalue weighted by molar-refractivity contribution is 5.62. The van der Waals surface area contributed by atoms with E-state index in [9.17, 15) is 5.26 Å². The summed E-state index contributed by atoms with van der Waals surface area (Å²) < 4.78 is 6.11. The van der Waals surface area contributed by atoms with Crippen LogP contribution in [0.25, 0.3) is 0 Å². The molecule has 26 heavy (non-hydrogen) atoms. The van der Waals surface area contributed by atoms with Gasteiger partial charge in [0.2, 0.25) is 0 Å². The summed E-state index contributed by atoms with van der Waals surface area (Å²) in [4.78, 5) is 2.40. The molecule has 3 rings (SSSR count). The number of benzene rings is 2. The van der Waals surface area contributed by atoms with E-state index in [2.05, 4.69) is 49.1 Å². The molecule has 0 bridgehead atoms. The van der Waals surface area contributed by atoms with Crippen LogP contribution in [-0.2, 0) is 6.42 Å². The number of nitrogens with zero attached hydrogens (tertiary/aromatic N) is 2. The Balaban J connectivity index is 1.64. The van der Waals surface area contributed by atoms with E-state index in [1.165, 1.54) is 17.5 Å². The fourth-order valence-corrected chi connectivity index (χ4v) is 3.75. The normalized spacial score (nSPS) is 16.3. The van der Waals surface area contributed by atoms with Gasteiger partial charge in [0.15, 0.2) is 0 Å². The van der Waals surface area contributed by atoms with Crippen molar-refractivity contribution in [1.82, 2.24) is 0 Å². The average molecular weight is 348 g/mol. The molecule has 136 valence electrons. The van der Waals surface area contributed by atoms with Gasteiger partial charge in [-0.15, -0.1) is 0 Å². The van der Waals surface area contributed by atoms with Crippen LogP contribution in [0.5, 0.6) is 5.75 Å². The van der Waals surface area contributed by atoms with Gasteiger partial charge in [0, 0.05) is 19.0 Å². The highest BCUT2D eigenvalue weighted by Gasteiger charge is 2.22. The van der Waals surface area contributed by atoms with E-state index in [-0.39, 0.29) is 0 Å². The van der Waals surface area contributed by atoms with Crippen molar-refractivity contribution in [2.24, 2.45) is 5.92 Å². The molecule has 0 radical (unpaired) electrons. The van der Waals surface area contributed by atoms with Gasteiger partial charge >= 0.3 is 0 Å². The molecule has 0 saturated carbocycles. The lowest BCUT2D eigenvalue weighted by Gasteiger charge is -2.26. The Bertz CT molecular complexity index is 778. The van der Waals surface area contributed by atoms with Gasteiger partial charge in [-0.2, -0.15) is 5.26 Å². The third-order valence-corrected chi connectivity index (χ3v) is 5.04. The zero-order chi connectivity index (χ0) is 18.4. The first-order chi connectivity index (χ1) is 12.7. The largest absolute Gasteiger partial charge is 0.491 e. The smallest absolute Gasteiger partial charge is 0.142 e. The number of fused-ring (bicyclic) bond motifs is 1. The molecule has 1 unspecified atom stereocenters. The van der Waals surface area contributed by atoms with E-state index in [0.717, 1.165) is 50.4 Å². The third-order valence-electron chi connectivity index (χ3n) is 5.04. The molecule has 3 heteroatoms. The SMILES string of the molecule is CCCN1CC(CCCc2cccc(C)c2)COc2ccc(C#N)cc21. The molecule has 0 amide bonds. The Labute approximate surface area is 157 Å². The maximum Gasteiger partial charge on any atom is 0.142 e. The predicted octanol–water partition coefficient (Wildman–Crippen LogP) is 5.11. The second-order valence-electron chi connectivity index (χ2n) is 7.30. The van der Waals surface area contributed by atoms with E-state index in [4.69, 9.17) is 4.74 Å². The number of ether oxygens (including phenoxy) is 1. The summed E-state index contributed by atoms with van der Waals surface area (Å²) >= 11 is 0. The van der Waals surface area contributed by atoms with Crippen LogP contribution in [0, 0.1) is 24.2 Å². The Morgan fingerprint density at radius 3 is 2.88 bits per heavy atom. The van der Waals surface area contributed by atoms with Gasteiger partial charge in [0.25, 0.3) is 0 Å². The number of rotatable bonds is 6. The summed E-state index contributed by atoms with van der Waals surface area (Å²) in [6.45, 7) is 7.11. The molecule has 0 aromatic heterocycles. The van der Waals surface area contributed by atoms with E-state index in [1.807, 2.05) is 18.2 Å². The van der Waals surface area contributed by atoms with Crippen LogP contribution in [0.3, 0.4) is 0 Å². The van der Waals surface area contributed by atoms with E-state index < -0.39 is 0 Å². The third kappa shape index (κ3) is 4.58. The molecule has 3 nitrogen and oxygen atoms in total. The van der Waals surface area contributed by atoms with Crippen molar-refractivity contribution in [3.8, 4) is 11.8 Å². The first kappa shape index (κ1) is 18.3. The van der Waals surface area contributed by atoms with Gasteiger partial charge < -0.3 is 9.64 Å². The van der Waals surface area contributed by atoms with E-state index in [1.54, 1.807) is 0 Å². The Hall–Kier alpha value is -2.47. The molecule has 0 spiro atoms. The Morgan fingerprint density at radius 2 is 2.12 bits per heavy atom. The molecule has 1 aliphatic rings. The second-order valence-corrected chi connectivity index (χ2v) is 7.30. The van der Waals surface area contributed by atoms with Crippen LogP contribution in [0.2, 0.25) is 0 Å². The summed E-state index contributed by atoms with van der Waals surface area (Å²) in [5, 5.41) is 9.21. The topological polar surface area (TPSA) is 36.3 Å². The minimum absolute atomic E-state index is 0.518. The number of aryl methyl sites for hydroxylation is 2. The first-order valence-corrected chi connectivity index (χ1v) is 9.67. The lowest BCUT2D eigenvalue weighted by atomic mass is 9.99. The molecule has 1 atom stereocenters. The van der Waals surface area contributed by atoms with Crippen LogP contribution < -0.4 is 9.64 Å². The zero-order valence-corrected chi connectivity index (χ0v) is 15.9. The monoisotopic (exact) mass is 348 g/mol. The van der Waals surface area contributed by atoms with Crippen molar-refractivity contribution >= 4 is 5.69 Å². The highest BCUT2D eigenvalue weighted by Crippen LogP contribution is 2.34. The zero-order valence-electron chi connectivity index (χ0n) is 15.9. The molecule has 2 aromatic carbocycles. The number of hydrogen-bond acceptors (Lipinski definition) is 3. The van der Waals surface area contributed by atoms with Crippen molar-refractivity contribution in [3.63, 3.8) is 0 Å². The van der Waals surface area contributed by atoms with Crippen LogP contribution in [0.15, 0.2) is 42.5 Å². The van der Waals surface area contributed by atoms with Crippen molar-refractivity contribution in [2.45, 2.75) is 39.5 Å². The van der Waals surface area contributed by atoms with Gasteiger partial charge in [0.05, 0.1) is 23.9 Å². The predicted molar refractivity (Wildman–Crippen MR) is 107 cm³/mol. The van der Waals surface area contributed by atoms with Crippen LogP contribution in [0.1, 0.15) is 42.9 Å². The summed E-state index contributed by atoms with van der Waals surface area (Å²) in [7, 11) is 0. The molecule has 0 saturated heterocycles. The Kier molecular flexibility index (Phi) is 6.17. The summed E-state index contributed by atoms with van der Waals surface area (Å²) in [5.41, 5.74) is 4.53. The van der Waals surface area contributed by atoms with Gasteiger partial charge in [-0.1, -0.05) is 36.8 Å². The first-order valence-electron chi connectivity index (χ1n) is 9.67. The van der Waals surface area contributed by atoms with Gasteiger partial charge in [-0.3, -0.25) is 0 Å². The second kappa shape index (κ2) is 8.76. The van der Waals surface area contributed by atoms with E-state index in [0.29, 0.717) is 11.5 Å². The average Bonchev–Trinajstić information content (AvgIpc) is 2.81. The lowest BCUT2D eigenvalue weighted by molar-refractivity contribution is 0.251. The fraction of sp³-hybridized carbons (Fsp3) is 0.435. The maximum atomic E-state index is 9.21. The summed E-state index contributed by atoms with van der Waals surface area (Å²) in [5.74, 6) is 1.43. The standard InChI is InChI=1S/C23H28N2O/c1-3-12-25-16-21(9-5-8-19-7-4-6-18(2)13-19)17-26-23-11-10-20(15-24)14-22(23)25/h4,6-7,10-11,13-14,21H,3,5,8-9,12,16-17H2,1-2H3. The quantitative estimate of drug-likeness (QED) is 0.727.